The van der Waals surface area contributed by atoms with E-state index in [1.165, 1.54) is 79.1 Å². The first-order valence-electron chi connectivity index (χ1n) is 8.03. The molecule has 3 rings (SSSR count). The molecule has 3 aromatic carbocycles. The number of rotatable bonds is 7. The molecule has 0 spiro atoms. The summed E-state index contributed by atoms with van der Waals surface area (Å²) < 4.78 is 46.0. The topological polar surface area (TPSA) is 26.8 Å². The number of para-hydroxylation sites is 3. The van der Waals surface area contributed by atoms with Crippen LogP contribution in [-0.4, -0.2) is 12.1 Å². The summed E-state index contributed by atoms with van der Waals surface area (Å²) in [6.07, 6.45) is 1.21. The van der Waals surface area contributed by atoms with E-state index in [4.69, 9.17) is 0 Å². The summed E-state index contributed by atoms with van der Waals surface area (Å²) in [5.74, 6) is -3.18. The molecule has 0 bridgehead atoms. The molecule has 0 unspecified atom stereocenters. The molecule has 0 N–H and O–H groups in total. The lowest BCUT2D eigenvalue weighted by molar-refractivity contribution is 0.168. The molecule has 0 atom stereocenters. The van der Waals surface area contributed by atoms with Crippen LogP contribution in [0.2, 0.25) is 0 Å². The zero-order chi connectivity index (χ0) is 19.3. The molecule has 0 fully saturated rings. The van der Waals surface area contributed by atoms with Crippen molar-refractivity contribution < 1.29 is 18.2 Å². The predicted molar refractivity (Wildman–Crippen MR) is 98.5 cm³/mol. The summed E-state index contributed by atoms with van der Waals surface area (Å²) in [5.41, 5.74) is -0.672. The monoisotopic (exact) mass is 370 g/mol. The van der Waals surface area contributed by atoms with Crippen LogP contribution in [0.15, 0.2) is 91.0 Å². The lowest BCUT2D eigenvalue weighted by atomic mass is 10.2. The highest BCUT2D eigenvalue weighted by Gasteiger charge is 2.54. The predicted octanol–water partition coefficient (Wildman–Crippen LogP) is 4.92. The molecular weight excluding hydrogens is 355 g/mol. The van der Waals surface area contributed by atoms with Crippen LogP contribution in [-0.2, 0) is 4.79 Å². The van der Waals surface area contributed by atoms with Gasteiger partial charge in [-0.05, 0) is 36.4 Å². The van der Waals surface area contributed by atoms with Gasteiger partial charge in [0, 0.05) is 0 Å². The van der Waals surface area contributed by atoms with Gasteiger partial charge >= 0.3 is 5.79 Å². The van der Waals surface area contributed by atoms with E-state index in [0.717, 1.165) is 0 Å². The quantitative estimate of drug-likeness (QED) is 0.436. The van der Waals surface area contributed by atoms with Crippen LogP contribution in [0.3, 0.4) is 0 Å². The zero-order valence-electron chi connectivity index (χ0n) is 14.0. The van der Waals surface area contributed by atoms with Crippen molar-refractivity contribution in [2.24, 2.45) is 0 Å². The van der Waals surface area contributed by atoms with Crippen molar-refractivity contribution in [3.05, 3.63) is 91.0 Å². The van der Waals surface area contributed by atoms with E-state index in [9.17, 15) is 4.79 Å². The zero-order valence-corrected chi connectivity index (χ0v) is 14.0. The van der Waals surface area contributed by atoms with Gasteiger partial charge in [-0.15, -0.1) is 0 Å². The van der Waals surface area contributed by atoms with Crippen LogP contribution in [0.5, 0.6) is 0 Å². The fourth-order valence-electron chi connectivity index (χ4n) is 2.57. The molecule has 3 aromatic rings. The molecule has 4 nitrogen and oxygen atoms in total. The first kappa shape index (κ1) is 18.3. The van der Waals surface area contributed by atoms with E-state index in [0.29, 0.717) is 0 Å². The molecule has 0 saturated carbocycles. The second kappa shape index (κ2) is 7.82. The van der Waals surface area contributed by atoms with Gasteiger partial charge in [-0.2, -0.15) is 15.4 Å². The fourth-order valence-corrected chi connectivity index (χ4v) is 2.57. The first-order valence-corrected chi connectivity index (χ1v) is 8.03. The molecule has 27 heavy (non-hydrogen) atoms. The number of hydrogen-bond donors (Lipinski definition) is 0. The van der Waals surface area contributed by atoms with Gasteiger partial charge in [0.1, 0.15) is 0 Å². The van der Waals surface area contributed by atoms with Gasteiger partial charge in [0.05, 0.1) is 17.1 Å². The van der Waals surface area contributed by atoms with Gasteiger partial charge < -0.3 is 0 Å². The van der Waals surface area contributed by atoms with E-state index in [1.807, 2.05) is 0 Å². The van der Waals surface area contributed by atoms with Crippen LogP contribution in [0, 0.1) is 0 Å². The minimum atomic E-state index is -3.18. The third kappa shape index (κ3) is 3.31. The summed E-state index contributed by atoms with van der Waals surface area (Å²) in [7, 11) is 0. The Morgan fingerprint density at radius 2 is 0.815 bits per heavy atom. The Kier molecular flexibility index (Phi) is 5.30. The van der Waals surface area contributed by atoms with Crippen LogP contribution >= 0.6 is 0 Å². The van der Waals surface area contributed by atoms with Gasteiger partial charge in [-0.25, -0.2) is 0 Å². The van der Waals surface area contributed by atoms with Crippen LogP contribution < -0.4 is 15.4 Å². The van der Waals surface area contributed by atoms with Gasteiger partial charge in [0.2, 0.25) is 0 Å². The van der Waals surface area contributed by atoms with E-state index >= 15 is 13.4 Å². The molecule has 0 aliphatic carbocycles. The Labute approximate surface area is 154 Å². The molecule has 0 aliphatic heterocycles. The molecule has 0 aromatic heterocycles. The Bertz CT molecular complexity index is 754. The summed E-state index contributed by atoms with van der Waals surface area (Å²) in [6.45, 7) is 0. The second-order valence-electron chi connectivity index (χ2n) is 5.59. The number of hydrogen-bond acceptors (Lipinski definition) is 4. The van der Waals surface area contributed by atoms with Crippen LogP contribution in [0.4, 0.5) is 30.5 Å². The first-order chi connectivity index (χ1) is 13.1. The largest absolute Gasteiger partial charge is 0.341 e. The molecular formula is C20H15F3N3O. The number of benzene rings is 3. The minimum Gasteiger partial charge on any atom is -0.283 e. The van der Waals surface area contributed by atoms with Crippen LogP contribution in [0.1, 0.15) is 0 Å². The second-order valence-corrected chi connectivity index (χ2v) is 5.59. The molecule has 1 radical (unpaired) electrons. The van der Waals surface area contributed by atoms with Crippen molar-refractivity contribution >= 4 is 23.3 Å². The average Bonchev–Trinajstić information content (AvgIpc) is 2.76. The molecule has 0 saturated heterocycles. The molecule has 0 heterocycles. The van der Waals surface area contributed by atoms with Gasteiger partial charge in [-0.3, -0.25) is 4.79 Å². The molecule has 7 heteroatoms. The Hall–Kier alpha value is -3.48. The van der Waals surface area contributed by atoms with Crippen molar-refractivity contribution in [1.82, 2.24) is 0 Å². The Morgan fingerprint density at radius 1 is 0.556 bits per heavy atom. The van der Waals surface area contributed by atoms with Crippen molar-refractivity contribution in [3.8, 4) is 0 Å². The van der Waals surface area contributed by atoms with Crippen molar-refractivity contribution in [1.29, 1.82) is 0 Å². The number of nitrogens with zero attached hydrogens (tertiary/aromatic N) is 3. The average molecular weight is 370 g/mol. The van der Waals surface area contributed by atoms with E-state index in [2.05, 4.69) is 0 Å². The molecule has 0 aliphatic rings. The maximum atomic E-state index is 15.3. The standard InChI is InChI=1S/C20H15F3N3O/c21-24(17-10-4-1-5-11-17)20(16-27,25(22)18-12-6-2-7-13-18)26(23)19-14-8-3-9-15-19/h1-15H. The Balaban J connectivity index is 2.16. The van der Waals surface area contributed by atoms with Crippen LogP contribution in [0.25, 0.3) is 0 Å². The number of anilines is 3. The summed E-state index contributed by atoms with van der Waals surface area (Å²) in [5, 5.41) is -0.917. The summed E-state index contributed by atoms with van der Waals surface area (Å²) in [6, 6.07) is 21.4. The highest BCUT2D eigenvalue weighted by molar-refractivity contribution is 5.81. The summed E-state index contributed by atoms with van der Waals surface area (Å²) >= 11 is 0. The van der Waals surface area contributed by atoms with E-state index < -0.39 is 5.79 Å². The smallest absolute Gasteiger partial charge is 0.283 e. The van der Waals surface area contributed by atoms with Crippen molar-refractivity contribution in [2.75, 3.05) is 15.4 Å². The normalized spacial score (nSPS) is 10.9. The highest BCUT2D eigenvalue weighted by atomic mass is 19.2. The fraction of sp³-hybridized carbons (Fsp3) is 0.0500. The van der Waals surface area contributed by atoms with E-state index in [-0.39, 0.29) is 32.4 Å². The third-order valence-electron chi connectivity index (χ3n) is 3.91. The lowest BCUT2D eigenvalue weighted by Crippen LogP contribution is -2.66. The summed E-state index contributed by atoms with van der Waals surface area (Å²) in [4.78, 5) is 11.9. The van der Waals surface area contributed by atoms with Gasteiger partial charge in [0.25, 0.3) is 6.29 Å². The SMILES string of the molecule is O=[C]C(N(F)c1ccccc1)(N(F)c1ccccc1)N(F)c1ccccc1. The maximum Gasteiger partial charge on any atom is 0.341 e. The van der Waals surface area contributed by atoms with Crippen molar-refractivity contribution in [2.45, 2.75) is 5.79 Å². The number of halogens is 3. The highest BCUT2D eigenvalue weighted by Crippen LogP contribution is 2.37. The van der Waals surface area contributed by atoms with Gasteiger partial charge in [-0.1, -0.05) is 68.0 Å². The van der Waals surface area contributed by atoms with Crippen molar-refractivity contribution in [3.63, 3.8) is 0 Å². The Morgan fingerprint density at radius 3 is 1.04 bits per heavy atom. The maximum absolute atomic E-state index is 15.3. The molecule has 0 amide bonds. The third-order valence-corrected chi connectivity index (χ3v) is 3.91. The minimum absolute atomic E-state index is 0.224. The lowest BCUT2D eigenvalue weighted by Gasteiger charge is -2.41. The molecule has 137 valence electrons. The van der Waals surface area contributed by atoms with E-state index in [1.54, 1.807) is 18.2 Å². The van der Waals surface area contributed by atoms with Gasteiger partial charge in [0.15, 0.2) is 0 Å². The number of carbonyl (C=O) groups excluding carboxylic acids is 1.